The Morgan fingerprint density at radius 3 is 1.94 bits per heavy atom. The summed E-state index contributed by atoms with van der Waals surface area (Å²) < 4.78 is 6.45. The summed E-state index contributed by atoms with van der Waals surface area (Å²) in [5.74, 6) is 0. The largest absolute Gasteiger partial charge is 0.455 e. The molecule has 0 unspecified atom stereocenters. The molecule has 0 bridgehead atoms. The van der Waals surface area contributed by atoms with E-state index in [4.69, 9.17) is 4.42 Å². The van der Waals surface area contributed by atoms with E-state index in [9.17, 15) is 0 Å². The molecular weight excluding hydrogens is 400 g/mol. The zero-order valence-electron chi connectivity index (χ0n) is 17.8. The molecule has 0 saturated carbocycles. The summed E-state index contributed by atoms with van der Waals surface area (Å²) in [7, 11) is 0. The zero-order valence-corrected chi connectivity index (χ0v) is 17.8. The summed E-state index contributed by atoms with van der Waals surface area (Å²) in [5.41, 5.74) is 4.37. The van der Waals surface area contributed by atoms with Crippen molar-refractivity contribution in [3.63, 3.8) is 0 Å². The molecule has 7 aromatic carbocycles. The predicted octanol–water partition coefficient (Wildman–Crippen LogP) is 9.30. The third kappa shape index (κ3) is 2.21. The summed E-state index contributed by atoms with van der Waals surface area (Å²) in [6.45, 7) is 0. The smallest absolute Gasteiger partial charge is 0.143 e. The van der Waals surface area contributed by atoms with Crippen molar-refractivity contribution in [3.05, 3.63) is 109 Å². The van der Waals surface area contributed by atoms with E-state index in [1.807, 2.05) is 0 Å². The quantitative estimate of drug-likeness (QED) is 0.242. The molecule has 33 heavy (non-hydrogen) atoms. The second-order valence-electron chi connectivity index (χ2n) is 8.91. The molecule has 8 rings (SSSR count). The molecule has 0 amide bonds. The first-order chi connectivity index (χ1) is 16.4. The van der Waals surface area contributed by atoms with E-state index < -0.39 is 0 Å². The van der Waals surface area contributed by atoms with E-state index >= 15 is 0 Å². The minimum Gasteiger partial charge on any atom is -0.455 e. The van der Waals surface area contributed by atoms with Gasteiger partial charge in [-0.25, -0.2) is 0 Å². The highest BCUT2D eigenvalue weighted by molar-refractivity contribution is 6.27. The molecular formula is C32H18O. The number of furan rings is 1. The van der Waals surface area contributed by atoms with Crippen LogP contribution in [0.2, 0.25) is 0 Å². The highest BCUT2D eigenvalue weighted by Gasteiger charge is 2.17. The average molecular weight is 418 g/mol. The lowest BCUT2D eigenvalue weighted by molar-refractivity contribution is 0.673. The number of benzene rings is 7. The highest BCUT2D eigenvalue weighted by Crippen LogP contribution is 2.44. The van der Waals surface area contributed by atoms with Gasteiger partial charge in [0.2, 0.25) is 0 Å². The summed E-state index contributed by atoms with van der Waals surface area (Å²) in [5, 5.41) is 12.6. The fraction of sp³-hybridized carbons (Fsp3) is 0. The van der Waals surface area contributed by atoms with Crippen LogP contribution in [0.3, 0.4) is 0 Å². The van der Waals surface area contributed by atoms with Crippen molar-refractivity contribution in [2.45, 2.75) is 0 Å². The van der Waals surface area contributed by atoms with Crippen LogP contribution in [-0.2, 0) is 0 Å². The van der Waals surface area contributed by atoms with Gasteiger partial charge >= 0.3 is 0 Å². The third-order valence-electron chi connectivity index (χ3n) is 7.21. The maximum absolute atomic E-state index is 6.45. The van der Waals surface area contributed by atoms with Crippen LogP contribution in [0.15, 0.2) is 114 Å². The molecule has 0 atom stereocenters. The third-order valence-corrected chi connectivity index (χ3v) is 7.21. The molecule has 152 valence electrons. The molecule has 1 nitrogen and oxygen atoms in total. The van der Waals surface area contributed by atoms with Crippen molar-refractivity contribution in [2.24, 2.45) is 0 Å². The van der Waals surface area contributed by atoms with Crippen LogP contribution < -0.4 is 0 Å². The van der Waals surface area contributed by atoms with Crippen molar-refractivity contribution in [2.75, 3.05) is 0 Å². The van der Waals surface area contributed by atoms with Crippen molar-refractivity contribution in [1.29, 1.82) is 0 Å². The molecule has 0 fully saturated rings. The summed E-state index contributed by atoms with van der Waals surface area (Å²) in [6, 6.07) is 39.4. The van der Waals surface area contributed by atoms with E-state index in [1.54, 1.807) is 0 Å². The van der Waals surface area contributed by atoms with Gasteiger partial charge in [-0.1, -0.05) is 97.1 Å². The number of fused-ring (bicyclic) bond motifs is 5. The van der Waals surface area contributed by atoms with Gasteiger partial charge in [0.25, 0.3) is 0 Å². The van der Waals surface area contributed by atoms with Crippen LogP contribution in [0.4, 0.5) is 0 Å². The Hall–Kier alpha value is -4.36. The maximum atomic E-state index is 6.45. The van der Waals surface area contributed by atoms with Crippen molar-refractivity contribution in [3.8, 4) is 11.1 Å². The molecule has 0 spiro atoms. The number of hydrogen-bond acceptors (Lipinski definition) is 1. The zero-order chi connectivity index (χ0) is 21.5. The normalized spacial score (nSPS) is 12.2. The topological polar surface area (TPSA) is 13.1 Å². The van der Waals surface area contributed by atoms with Crippen molar-refractivity contribution >= 4 is 65.0 Å². The van der Waals surface area contributed by atoms with Gasteiger partial charge in [-0.2, -0.15) is 0 Å². The molecule has 0 aliphatic heterocycles. The SMILES string of the molecule is c1ccc2c(c1)ccc1c2oc2cccc(-c3ccc4ccc5cccc6ccc3c4c56)c21. The molecule has 0 saturated heterocycles. The van der Waals surface area contributed by atoms with Gasteiger partial charge in [-0.05, 0) is 61.0 Å². The van der Waals surface area contributed by atoms with Crippen LogP contribution in [-0.4, -0.2) is 0 Å². The van der Waals surface area contributed by atoms with Crippen LogP contribution in [0.1, 0.15) is 0 Å². The van der Waals surface area contributed by atoms with Crippen LogP contribution >= 0.6 is 0 Å². The molecule has 1 heterocycles. The van der Waals surface area contributed by atoms with Gasteiger partial charge in [0.15, 0.2) is 0 Å². The molecule has 1 aromatic heterocycles. The van der Waals surface area contributed by atoms with Gasteiger partial charge in [-0.15, -0.1) is 0 Å². The molecule has 0 aliphatic carbocycles. The first kappa shape index (κ1) is 17.2. The Bertz CT molecular complexity index is 2010. The van der Waals surface area contributed by atoms with Crippen LogP contribution in [0.5, 0.6) is 0 Å². The van der Waals surface area contributed by atoms with Crippen LogP contribution in [0, 0.1) is 0 Å². The molecule has 8 aromatic rings. The van der Waals surface area contributed by atoms with Gasteiger partial charge < -0.3 is 4.42 Å². The Kier molecular flexibility index (Phi) is 3.19. The van der Waals surface area contributed by atoms with Gasteiger partial charge in [0, 0.05) is 16.2 Å². The lowest BCUT2D eigenvalue weighted by atomic mass is 9.88. The van der Waals surface area contributed by atoms with Crippen molar-refractivity contribution < 1.29 is 4.42 Å². The van der Waals surface area contributed by atoms with Crippen molar-refractivity contribution in [1.82, 2.24) is 0 Å². The first-order valence-electron chi connectivity index (χ1n) is 11.4. The second-order valence-corrected chi connectivity index (χ2v) is 8.91. The molecule has 0 aliphatic rings. The van der Waals surface area contributed by atoms with Gasteiger partial charge in [-0.3, -0.25) is 0 Å². The van der Waals surface area contributed by atoms with E-state index in [-0.39, 0.29) is 0 Å². The van der Waals surface area contributed by atoms with Gasteiger partial charge in [0.05, 0.1) is 0 Å². The van der Waals surface area contributed by atoms with Crippen LogP contribution in [0.25, 0.3) is 76.2 Å². The van der Waals surface area contributed by atoms with E-state index in [0.29, 0.717) is 0 Å². The lowest BCUT2D eigenvalue weighted by Crippen LogP contribution is -1.87. The summed E-state index contributed by atoms with van der Waals surface area (Å²) in [6.07, 6.45) is 0. The fourth-order valence-electron chi connectivity index (χ4n) is 5.75. The molecule has 1 heteroatoms. The minimum absolute atomic E-state index is 0.935. The molecule has 0 N–H and O–H groups in total. The Balaban J connectivity index is 1.54. The Labute approximate surface area is 189 Å². The monoisotopic (exact) mass is 418 g/mol. The minimum atomic E-state index is 0.935. The average Bonchev–Trinajstić information content (AvgIpc) is 3.27. The maximum Gasteiger partial charge on any atom is 0.143 e. The fourth-order valence-corrected chi connectivity index (χ4v) is 5.75. The summed E-state index contributed by atoms with van der Waals surface area (Å²) in [4.78, 5) is 0. The lowest BCUT2D eigenvalue weighted by Gasteiger charge is -2.14. The van der Waals surface area contributed by atoms with E-state index in [0.717, 1.165) is 16.6 Å². The molecule has 0 radical (unpaired) electrons. The number of rotatable bonds is 1. The second kappa shape index (κ2) is 6.11. The first-order valence-corrected chi connectivity index (χ1v) is 11.4. The van der Waals surface area contributed by atoms with E-state index in [1.165, 1.54) is 59.6 Å². The predicted molar refractivity (Wildman–Crippen MR) is 140 cm³/mol. The summed E-state index contributed by atoms with van der Waals surface area (Å²) >= 11 is 0. The standard InChI is InChI=1S/C32H18O/c1-2-8-23-19(5-1)13-18-27-31-25(9-4-10-28(31)33-32(23)27)24-16-14-22-12-11-20-6-3-7-21-15-17-26(24)30(22)29(20)21/h1-18H. The van der Waals surface area contributed by atoms with Gasteiger partial charge in [0.1, 0.15) is 11.2 Å². The number of hydrogen-bond donors (Lipinski definition) is 0. The van der Waals surface area contributed by atoms with E-state index in [2.05, 4.69) is 109 Å². The Morgan fingerprint density at radius 1 is 0.364 bits per heavy atom. The highest BCUT2D eigenvalue weighted by atomic mass is 16.3. The Morgan fingerprint density at radius 2 is 1.03 bits per heavy atom.